The Morgan fingerprint density at radius 3 is 2.04 bits per heavy atom. The second kappa shape index (κ2) is 17.9. The Bertz CT molecular complexity index is 476. The van der Waals surface area contributed by atoms with Gasteiger partial charge in [0.2, 0.25) is 5.30 Å². The van der Waals surface area contributed by atoms with Crippen molar-refractivity contribution in [2.24, 2.45) is 5.92 Å². The van der Waals surface area contributed by atoms with Crippen molar-refractivity contribution in [2.45, 2.75) is 97.8 Å². The molecule has 1 aromatic carbocycles. The third kappa shape index (κ3) is 12.8. The van der Waals surface area contributed by atoms with Crippen LogP contribution in [0.15, 0.2) is 24.3 Å². The van der Waals surface area contributed by atoms with Crippen LogP contribution in [0.3, 0.4) is 0 Å². The van der Waals surface area contributed by atoms with Gasteiger partial charge >= 0.3 is 8.03 Å². The Labute approximate surface area is 179 Å². The predicted molar refractivity (Wildman–Crippen MR) is 115 cm³/mol. The zero-order valence-corrected chi connectivity index (χ0v) is 19.9. The Morgan fingerprint density at radius 2 is 1.44 bits per heavy atom. The molecule has 1 aromatic rings. The van der Waals surface area contributed by atoms with E-state index in [0.29, 0.717) is 12.5 Å². The van der Waals surface area contributed by atoms with Crippen molar-refractivity contribution >= 4 is 13.3 Å². The topological polar surface area (TPSA) is 26.3 Å². The van der Waals surface area contributed by atoms with E-state index in [2.05, 4.69) is 32.9 Å². The van der Waals surface area contributed by atoms with E-state index in [1.165, 1.54) is 69.8 Å². The standard InChI is InChI=1S/C23H40O2P.Cr/c1-4-7-9-10-11-12-13-15-22-16-18-23(19-17-22)26(24)25-20-21(6-3)14-8-5-2;/h16-19,21H,4-15,20H2,1-3H3;/q+1;. The summed E-state index contributed by atoms with van der Waals surface area (Å²) in [6.07, 6.45) is 15.2. The molecular weight excluding hydrogens is 391 g/mol. The molecule has 0 aliphatic rings. The van der Waals surface area contributed by atoms with Crippen molar-refractivity contribution in [1.29, 1.82) is 0 Å². The average Bonchev–Trinajstić information content (AvgIpc) is 2.67. The van der Waals surface area contributed by atoms with Gasteiger partial charge in [0.15, 0.2) is 0 Å². The van der Waals surface area contributed by atoms with Crippen LogP contribution in [0.4, 0.5) is 0 Å². The Morgan fingerprint density at radius 1 is 0.852 bits per heavy atom. The molecule has 0 N–H and O–H groups in total. The molecule has 0 radical (unpaired) electrons. The van der Waals surface area contributed by atoms with Gasteiger partial charge in [-0.15, -0.1) is 4.52 Å². The van der Waals surface area contributed by atoms with E-state index >= 15 is 0 Å². The smallest absolute Gasteiger partial charge is 0.141 e. The van der Waals surface area contributed by atoms with Gasteiger partial charge in [-0.1, -0.05) is 90.7 Å². The number of rotatable bonds is 16. The van der Waals surface area contributed by atoms with Crippen molar-refractivity contribution in [3.8, 4) is 0 Å². The van der Waals surface area contributed by atoms with Crippen LogP contribution in [0.2, 0.25) is 0 Å². The van der Waals surface area contributed by atoms with E-state index in [1.807, 2.05) is 12.1 Å². The van der Waals surface area contributed by atoms with Gasteiger partial charge in [0.25, 0.3) is 0 Å². The molecule has 2 nitrogen and oxygen atoms in total. The first-order chi connectivity index (χ1) is 12.7. The molecule has 27 heavy (non-hydrogen) atoms. The first kappa shape index (κ1) is 26.8. The average molecular weight is 432 g/mol. The first-order valence-electron chi connectivity index (χ1n) is 10.9. The molecule has 0 aliphatic heterocycles. The normalized spacial score (nSPS) is 12.5. The minimum atomic E-state index is -1.72. The number of hydrogen-bond donors (Lipinski definition) is 0. The van der Waals surface area contributed by atoms with Crippen LogP contribution in [0.1, 0.15) is 97.0 Å². The summed E-state index contributed by atoms with van der Waals surface area (Å²) in [6.45, 7) is 7.28. The summed E-state index contributed by atoms with van der Waals surface area (Å²) in [6, 6.07) is 8.22. The minimum Gasteiger partial charge on any atom is -0.141 e. The molecule has 0 bridgehead atoms. The number of aryl methyl sites for hydroxylation is 1. The maximum Gasteiger partial charge on any atom is 0.548 e. The molecule has 0 fully saturated rings. The summed E-state index contributed by atoms with van der Waals surface area (Å²) in [7, 11) is -1.72. The van der Waals surface area contributed by atoms with Crippen molar-refractivity contribution in [3.63, 3.8) is 0 Å². The fourth-order valence-electron chi connectivity index (χ4n) is 3.22. The van der Waals surface area contributed by atoms with Crippen molar-refractivity contribution in [1.82, 2.24) is 0 Å². The maximum absolute atomic E-state index is 12.4. The number of unbranched alkanes of at least 4 members (excludes halogenated alkanes) is 7. The Balaban J connectivity index is 0.00000676. The number of benzene rings is 1. The summed E-state index contributed by atoms with van der Waals surface area (Å²) >= 11 is 0. The summed E-state index contributed by atoms with van der Waals surface area (Å²) in [5.74, 6) is 0.533. The second-order valence-electron chi connectivity index (χ2n) is 7.51. The van der Waals surface area contributed by atoms with Crippen molar-refractivity contribution in [3.05, 3.63) is 29.8 Å². The molecule has 0 aliphatic carbocycles. The van der Waals surface area contributed by atoms with Crippen LogP contribution in [-0.4, -0.2) is 6.61 Å². The molecular formula is C23H40CrO2P+. The third-order valence-corrected chi connectivity index (χ3v) is 6.29. The van der Waals surface area contributed by atoms with Gasteiger partial charge in [0, 0.05) is 17.4 Å². The summed E-state index contributed by atoms with van der Waals surface area (Å²) < 4.78 is 18.0. The monoisotopic (exact) mass is 431 g/mol. The van der Waals surface area contributed by atoms with Crippen molar-refractivity contribution in [2.75, 3.05) is 6.61 Å². The number of hydrogen-bond acceptors (Lipinski definition) is 2. The van der Waals surface area contributed by atoms with Gasteiger partial charge in [-0.2, -0.15) is 0 Å². The molecule has 4 heteroatoms. The molecule has 0 heterocycles. The quantitative estimate of drug-likeness (QED) is 0.199. The van der Waals surface area contributed by atoms with E-state index in [9.17, 15) is 4.57 Å². The minimum absolute atomic E-state index is 0. The summed E-state index contributed by atoms with van der Waals surface area (Å²) in [5, 5.41) is 0.827. The summed E-state index contributed by atoms with van der Waals surface area (Å²) in [4.78, 5) is 0. The van der Waals surface area contributed by atoms with Crippen LogP contribution >= 0.6 is 8.03 Å². The fraction of sp³-hybridized carbons (Fsp3) is 0.739. The van der Waals surface area contributed by atoms with Gasteiger partial charge in [-0.3, -0.25) is 0 Å². The third-order valence-electron chi connectivity index (χ3n) is 5.19. The molecule has 2 atom stereocenters. The maximum atomic E-state index is 12.4. The van der Waals surface area contributed by atoms with Gasteiger partial charge in [0.1, 0.15) is 6.61 Å². The Kier molecular flexibility index (Phi) is 17.8. The van der Waals surface area contributed by atoms with Crippen LogP contribution in [0.25, 0.3) is 0 Å². The molecule has 0 aromatic heterocycles. The van der Waals surface area contributed by atoms with E-state index in [-0.39, 0.29) is 17.4 Å². The van der Waals surface area contributed by atoms with Crippen LogP contribution in [-0.2, 0) is 32.9 Å². The first-order valence-corrected chi connectivity index (χ1v) is 12.1. The molecule has 0 saturated carbocycles. The van der Waals surface area contributed by atoms with E-state index in [1.54, 1.807) is 0 Å². The molecule has 0 saturated heterocycles. The molecule has 0 spiro atoms. The largest absolute Gasteiger partial charge is 0.548 e. The zero-order chi connectivity index (χ0) is 19.0. The zero-order valence-electron chi connectivity index (χ0n) is 17.8. The fourth-order valence-corrected chi connectivity index (χ4v) is 4.10. The van der Waals surface area contributed by atoms with Gasteiger partial charge in [-0.25, -0.2) is 0 Å². The van der Waals surface area contributed by atoms with Crippen LogP contribution < -0.4 is 5.30 Å². The molecule has 0 amide bonds. The SMILES string of the molecule is CCCCCCCCCc1ccc([P+](=O)OCC(CC)CCCC)cc1.[Cr]. The molecule has 154 valence electrons. The molecule has 1 rings (SSSR count). The Hall–Kier alpha value is -0.188. The van der Waals surface area contributed by atoms with E-state index in [0.717, 1.165) is 18.1 Å². The van der Waals surface area contributed by atoms with E-state index in [4.69, 9.17) is 4.52 Å². The van der Waals surface area contributed by atoms with Gasteiger partial charge < -0.3 is 0 Å². The second-order valence-corrected chi connectivity index (χ2v) is 8.80. The molecule has 2 unspecified atom stereocenters. The summed E-state index contributed by atoms with van der Waals surface area (Å²) in [5.41, 5.74) is 1.35. The van der Waals surface area contributed by atoms with E-state index < -0.39 is 8.03 Å². The van der Waals surface area contributed by atoms with Crippen LogP contribution in [0.5, 0.6) is 0 Å². The van der Waals surface area contributed by atoms with Gasteiger partial charge in [0.05, 0.1) is 0 Å². The predicted octanol–water partition coefficient (Wildman–Crippen LogP) is 7.58. The van der Waals surface area contributed by atoms with Crippen molar-refractivity contribution < 1.29 is 26.4 Å². The van der Waals surface area contributed by atoms with Crippen LogP contribution in [0, 0.1) is 5.92 Å². The van der Waals surface area contributed by atoms with Gasteiger partial charge in [-0.05, 0) is 47.4 Å².